The van der Waals surface area contributed by atoms with Crippen LogP contribution in [0, 0.1) is 5.92 Å². The van der Waals surface area contributed by atoms with Gasteiger partial charge in [0.05, 0.1) is 13.7 Å². The molecule has 1 aliphatic carbocycles. The van der Waals surface area contributed by atoms with E-state index in [1.807, 2.05) is 39.0 Å². The fourth-order valence-electron chi connectivity index (χ4n) is 4.03. The topological polar surface area (TPSA) is 84.9 Å². The number of amides is 2. The van der Waals surface area contributed by atoms with Crippen molar-refractivity contribution in [2.75, 3.05) is 38.3 Å². The van der Waals surface area contributed by atoms with Crippen molar-refractivity contribution in [1.29, 1.82) is 0 Å². The van der Waals surface area contributed by atoms with Crippen molar-refractivity contribution >= 4 is 28.5 Å². The second-order valence-electron chi connectivity index (χ2n) is 9.06. The van der Waals surface area contributed by atoms with Gasteiger partial charge in [-0.2, -0.15) is 4.37 Å². The Morgan fingerprint density at radius 1 is 1.30 bits per heavy atom. The van der Waals surface area contributed by atoms with Crippen LogP contribution in [0.4, 0.5) is 5.13 Å². The monoisotopic (exact) mass is 472 g/mol. The number of hydrogen-bond acceptors (Lipinski definition) is 7. The highest BCUT2D eigenvalue weighted by Gasteiger charge is 2.35. The highest BCUT2D eigenvalue weighted by molar-refractivity contribution is 7.09. The zero-order valence-corrected chi connectivity index (χ0v) is 20.6. The zero-order valence-electron chi connectivity index (χ0n) is 19.7. The number of aromatic nitrogens is 2. The lowest BCUT2D eigenvalue weighted by Gasteiger charge is -2.23. The fraction of sp³-hybridized carbons (Fsp3) is 0.583. The summed E-state index contributed by atoms with van der Waals surface area (Å²) in [6.45, 7) is 7.75. The molecule has 2 aliphatic rings. The normalized spacial score (nSPS) is 18.2. The third kappa shape index (κ3) is 5.46. The number of anilines is 1. The van der Waals surface area contributed by atoms with Gasteiger partial charge in [-0.15, -0.1) is 0 Å². The maximum absolute atomic E-state index is 13.3. The summed E-state index contributed by atoms with van der Waals surface area (Å²) in [5, 5.41) is 0.635. The van der Waals surface area contributed by atoms with Crippen LogP contribution in [-0.4, -0.2) is 59.4 Å². The molecule has 33 heavy (non-hydrogen) atoms. The van der Waals surface area contributed by atoms with Gasteiger partial charge in [-0.1, -0.05) is 19.9 Å². The van der Waals surface area contributed by atoms with Crippen LogP contribution in [0.25, 0.3) is 0 Å². The van der Waals surface area contributed by atoms with Crippen LogP contribution < -0.4 is 14.4 Å². The van der Waals surface area contributed by atoms with E-state index in [1.165, 1.54) is 11.5 Å². The summed E-state index contributed by atoms with van der Waals surface area (Å²) in [6.07, 6.45) is 2.64. The van der Waals surface area contributed by atoms with E-state index < -0.39 is 0 Å². The first-order valence-corrected chi connectivity index (χ1v) is 12.4. The molecule has 0 spiro atoms. The molecule has 1 aromatic carbocycles. The number of likely N-dealkylation sites (tertiary alicyclic amines) is 1. The quantitative estimate of drug-likeness (QED) is 0.523. The van der Waals surface area contributed by atoms with Crippen molar-refractivity contribution in [2.24, 2.45) is 5.92 Å². The molecule has 178 valence electrons. The van der Waals surface area contributed by atoms with E-state index in [2.05, 4.69) is 9.36 Å². The van der Waals surface area contributed by atoms with E-state index in [9.17, 15) is 9.59 Å². The average Bonchev–Trinajstić information content (AvgIpc) is 3.35. The van der Waals surface area contributed by atoms with Gasteiger partial charge in [-0.3, -0.25) is 14.5 Å². The molecular formula is C24H32N4O4S. The molecule has 2 fully saturated rings. The van der Waals surface area contributed by atoms with E-state index >= 15 is 0 Å². The largest absolute Gasteiger partial charge is 0.493 e. The van der Waals surface area contributed by atoms with Gasteiger partial charge >= 0.3 is 0 Å². The summed E-state index contributed by atoms with van der Waals surface area (Å²) in [5.41, 5.74) is 1.02. The van der Waals surface area contributed by atoms with Crippen molar-refractivity contribution in [3.8, 4) is 11.5 Å². The van der Waals surface area contributed by atoms with Gasteiger partial charge in [0, 0.05) is 42.9 Å². The molecule has 2 heterocycles. The molecule has 1 aliphatic heterocycles. The van der Waals surface area contributed by atoms with Gasteiger partial charge in [0.15, 0.2) is 11.5 Å². The molecule has 0 N–H and O–H groups in total. The highest BCUT2D eigenvalue weighted by Crippen LogP contribution is 2.36. The second kappa shape index (κ2) is 10.1. The van der Waals surface area contributed by atoms with Crippen molar-refractivity contribution < 1.29 is 19.1 Å². The third-order valence-corrected chi connectivity index (χ3v) is 6.87. The SMILES string of the molecule is CCOc1cc([C@H]2CC(=O)N(CC(=O)N(CC3CC3)c3nc(C(C)C)ns3)C2)ccc1OC. The third-order valence-electron chi connectivity index (χ3n) is 6.12. The predicted molar refractivity (Wildman–Crippen MR) is 127 cm³/mol. The number of methoxy groups -OCH3 is 1. The maximum atomic E-state index is 13.3. The first kappa shape index (κ1) is 23.5. The fourth-order valence-corrected chi connectivity index (χ4v) is 4.86. The lowest BCUT2D eigenvalue weighted by atomic mass is 9.98. The lowest BCUT2D eigenvalue weighted by molar-refractivity contribution is -0.132. The van der Waals surface area contributed by atoms with E-state index in [-0.39, 0.29) is 30.2 Å². The zero-order chi connectivity index (χ0) is 23.5. The van der Waals surface area contributed by atoms with Crippen LogP contribution in [0.15, 0.2) is 18.2 Å². The maximum Gasteiger partial charge on any atom is 0.248 e. The molecule has 0 bridgehead atoms. The molecule has 0 radical (unpaired) electrons. The van der Waals surface area contributed by atoms with Crippen LogP contribution in [-0.2, 0) is 9.59 Å². The Morgan fingerprint density at radius 3 is 2.73 bits per heavy atom. The van der Waals surface area contributed by atoms with Crippen molar-refractivity contribution in [1.82, 2.24) is 14.3 Å². The number of nitrogens with zero attached hydrogens (tertiary/aromatic N) is 4. The van der Waals surface area contributed by atoms with Crippen LogP contribution in [0.1, 0.15) is 63.3 Å². The Labute approximate surface area is 199 Å². The van der Waals surface area contributed by atoms with Gasteiger partial charge in [0.2, 0.25) is 16.9 Å². The van der Waals surface area contributed by atoms with Crippen LogP contribution in [0.3, 0.4) is 0 Å². The molecular weight excluding hydrogens is 440 g/mol. The Kier molecular flexibility index (Phi) is 7.17. The van der Waals surface area contributed by atoms with Gasteiger partial charge in [-0.25, -0.2) is 4.98 Å². The number of benzene rings is 1. The Bertz CT molecular complexity index is 1000. The summed E-state index contributed by atoms with van der Waals surface area (Å²) in [5.74, 6) is 2.74. The number of ether oxygens (including phenoxy) is 2. The number of carbonyl (C=O) groups is 2. The summed E-state index contributed by atoms with van der Waals surface area (Å²) in [4.78, 5) is 34.1. The minimum Gasteiger partial charge on any atom is -0.493 e. The average molecular weight is 473 g/mol. The van der Waals surface area contributed by atoms with Gasteiger partial charge in [0.25, 0.3) is 0 Å². The minimum absolute atomic E-state index is 0.00590. The molecule has 1 saturated carbocycles. The van der Waals surface area contributed by atoms with Crippen LogP contribution in [0.2, 0.25) is 0 Å². The summed E-state index contributed by atoms with van der Waals surface area (Å²) in [7, 11) is 1.61. The minimum atomic E-state index is -0.0907. The number of carbonyl (C=O) groups excluding carboxylic acids is 2. The van der Waals surface area contributed by atoms with E-state index in [4.69, 9.17) is 9.47 Å². The van der Waals surface area contributed by atoms with E-state index in [0.717, 1.165) is 24.2 Å². The number of rotatable bonds is 10. The van der Waals surface area contributed by atoms with Crippen molar-refractivity contribution in [2.45, 2.75) is 51.9 Å². The first-order valence-electron chi connectivity index (χ1n) is 11.6. The van der Waals surface area contributed by atoms with Gasteiger partial charge in [0.1, 0.15) is 12.4 Å². The smallest absolute Gasteiger partial charge is 0.248 e. The molecule has 1 atom stereocenters. The molecule has 2 aromatic rings. The Balaban J connectivity index is 1.46. The standard InChI is InChI=1S/C24H32N4O4S/c1-5-32-20-10-17(8-9-19(20)31-4)18-11-21(29)27(13-18)14-22(30)28(12-16-6-7-16)24-25-23(15(2)3)26-33-24/h8-10,15-16,18H,5-7,11-14H2,1-4H3/t18-/m0/s1. The lowest BCUT2D eigenvalue weighted by Crippen LogP contribution is -2.42. The molecule has 9 heteroatoms. The van der Waals surface area contributed by atoms with Crippen molar-refractivity contribution in [3.63, 3.8) is 0 Å². The summed E-state index contributed by atoms with van der Waals surface area (Å²) < 4.78 is 15.5. The summed E-state index contributed by atoms with van der Waals surface area (Å²) >= 11 is 1.26. The first-order chi connectivity index (χ1) is 15.9. The molecule has 2 amide bonds. The van der Waals surface area contributed by atoms with E-state index in [1.54, 1.807) is 16.9 Å². The van der Waals surface area contributed by atoms with Crippen LogP contribution >= 0.6 is 11.5 Å². The molecule has 1 saturated heterocycles. The molecule has 4 rings (SSSR count). The Hall–Kier alpha value is -2.68. The van der Waals surface area contributed by atoms with Gasteiger partial charge in [-0.05, 0) is 43.4 Å². The van der Waals surface area contributed by atoms with Gasteiger partial charge < -0.3 is 14.4 Å². The second-order valence-corrected chi connectivity index (χ2v) is 9.79. The molecule has 1 aromatic heterocycles. The van der Waals surface area contributed by atoms with Crippen molar-refractivity contribution in [3.05, 3.63) is 29.6 Å². The predicted octanol–water partition coefficient (Wildman–Crippen LogP) is 3.83. The molecule has 0 unspecified atom stereocenters. The van der Waals surface area contributed by atoms with E-state index in [0.29, 0.717) is 48.7 Å². The number of hydrogen-bond donors (Lipinski definition) is 0. The highest BCUT2D eigenvalue weighted by atomic mass is 32.1. The summed E-state index contributed by atoms with van der Waals surface area (Å²) in [6, 6.07) is 5.79. The Morgan fingerprint density at radius 2 is 2.09 bits per heavy atom. The van der Waals surface area contributed by atoms with Crippen LogP contribution in [0.5, 0.6) is 11.5 Å². The molecule has 8 nitrogen and oxygen atoms in total.